The third-order valence-corrected chi connectivity index (χ3v) is 5.81. The summed E-state index contributed by atoms with van der Waals surface area (Å²) in [5.74, 6) is 0.522. The number of benzene rings is 2. The van der Waals surface area contributed by atoms with Crippen molar-refractivity contribution in [2.75, 3.05) is 0 Å². The molecule has 4 rings (SSSR count). The topological polar surface area (TPSA) is 54.6 Å². The number of aliphatic imine (C=N–C) groups is 1. The third-order valence-electron chi connectivity index (χ3n) is 4.16. The lowest BCUT2D eigenvalue weighted by Crippen LogP contribution is -2.19. The van der Waals surface area contributed by atoms with Crippen molar-refractivity contribution >= 4 is 57.8 Å². The van der Waals surface area contributed by atoms with E-state index in [2.05, 4.69) is 10.3 Å². The molecule has 1 N–H and O–H groups in total. The average Bonchev–Trinajstić information content (AvgIpc) is 3.30. The standard InChI is InChI=1S/C21H11Cl2F3N2O2S/c22-15-6-4-11(8-16(15)23)17-7-5-14(30-17)10-18-19(29)28-20(31-18)27-13-3-1-2-12(9-13)21(24,25)26/h1-10H,(H,27,28,29)/b18-10+. The van der Waals surface area contributed by atoms with Crippen LogP contribution in [0, 0.1) is 0 Å². The lowest BCUT2D eigenvalue weighted by atomic mass is 10.2. The Balaban J connectivity index is 1.54. The number of amides is 1. The maximum Gasteiger partial charge on any atom is 0.416 e. The van der Waals surface area contributed by atoms with Crippen molar-refractivity contribution in [1.29, 1.82) is 0 Å². The summed E-state index contributed by atoms with van der Waals surface area (Å²) in [5.41, 5.74) is -0.0157. The van der Waals surface area contributed by atoms with Gasteiger partial charge in [-0.15, -0.1) is 0 Å². The molecular weight excluding hydrogens is 472 g/mol. The van der Waals surface area contributed by atoms with E-state index in [1.807, 2.05) is 0 Å². The van der Waals surface area contributed by atoms with E-state index < -0.39 is 17.6 Å². The van der Waals surface area contributed by atoms with Crippen LogP contribution in [0.15, 0.2) is 68.9 Å². The first-order valence-corrected chi connectivity index (χ1v) is 10.3. The smallest absolute Gasteiger partial charge is 0.416 e. The van der Waals surface area contributed by atoms with E-state index in [1.165, 1.54) is 18.2 Å². The van der Waals surface area contributed by atoms with Gasteiger partial charge in [0.1, 0.15) is 11.5 Å². The number of nitrogens with zero attached hydrogens (tertiary/aromatic N) is 1. The van der Waals surface area contributed by atoms with Crippen LogP contribution in [0.2, 0.25) is 10.0 Å². The molecule has 0 aliphatic carbocycles. The number of amidine groups is 1. The maximum atomic E-state index is 12.9. The van der Waals surface area contributed by atoms with Gasteiger partial charge in [0, 0.05) is 11.6 Å². The van der Waals surface area contributed by atoms with Gasteiger partial charge in [-0.05, 0) is 60.3 Å². The van der Waals surface area contributed by atoms with E-state index in [0.717, 1.165) is 29.5 Å². The summed E-state index contributed by atoms with van der Waals surface area (Å²) in [5, 5.41) is 3.51. The van der Waals surface area contributed by atoms with Crippen LogP contribution in [0.25, 0.3) is 17.4 Å². The van der Waals surface area contributed by atoms with Gasteiger partial charge < -0.3 is 9.73 Å². The van der Waals surface area contributed by atoms with E-state index in [0.29, 0.717) is 26.5 Å². The molecule has 0 saturated carbocycles. The fourth-order valence-corrected chi connectivity index (χ4v) is 3.83. The Kier molecular flexibility index (Phi) is 5.88. The highest BCUT2D eigenvalue weighted by molar-refractivity contribution is 8.18. The van der Waals surface area contributed by atoms with Crippen molar-refractivity contribution in [3.8, 4) is 11.3 Å². The van der Waals surface area contributed by atoms with Gasteiger partial charge in [-0.3, -0.25) is 4.79 Å². The zero-order valence-corrected chi connectivity index (χ0v) is 17.7. The number of thioether (sulfide) groups is 1. The minimum atomic E-state index is -4.47. The molecule has 0 unspecified atom stereocenters. The SMILES string of the molecule is O=C1NC(=Nc2cccc(C(F)(F)F)c2)S/C1=C/c1ccc(-c2ccc(Cl)c(Cl)c2)o1. The minimum Gasteiger partial charge on any atom is -0.457 e. The molecule has 0 spiro atoms. The Bertz CT molecular complexity index is 1240. The fourth-order valence-electron chi connectivity index (χ4n) is 2.71. The fraction of sp³-hybridized carbons (Fsp3) is 0.0476. The van der Waals surface area contributed by atoms with Crippen molar-refractivity contribution in [1.82, 2.24) is 5.32 Å². The quantitative estimate of drug-likeness (QED) is 0.402. The summed E-state index contributed by atoms with van der Waals surface area (Å²) in [6.07, 6.45) is -2.95. The maximum absolute atomic E-state index is 12.9. The van der Waals surface area contributed by atoms with Gasteiger partial charge in [0.05, 0.1) is 26.2 Å². The summed E-state index contributed by atoms with van der Waals surface area (Å²) in [6, 6.07) is 13.0. The first kappa shape index (κ1) is 21.5. The van der Waals surface area contributed by atoms with E-state index in [4.69, 9.17) is 27.6 Å². The number of carbonyl (C=O) groups is 1. The van der Waals surface area contributed by atoms with E-state index in [1.54, 1.807) is 30.3 Å². The monoisotopic (exact) mass is 482 g/mol. The van der Waals surface area contributed by atoms with Gasteiger partial charge in [0.25, 0.3) is 5.91 Å². The Labute approximate surface area is 188 Å². The lowest BCUT2D eigenvalue weighted by molar-refractivity contribution is -0.137. The van der Waals surface area contributed by atoms with Crippen molar-refractivity contribution in [2.24, 2.45) is 4.99 Å². The Hall–Kier alpha value is -2.68. The second-order valence-electron chi connectivity index (χ2n) is 6.36. The molecule has 1 saturated heterocycles. The number of hydrogen-bond donors (Lipinski definition) is 1. The molecule has 0 bridgehead atoms. The zero-order chi connectivity index (χ0) is 22.2. The van der Waals surface area contributed by atoms with Crippen molar-refractivity contribution in [2.45, 2.75) is 6.18 Å². The molecule has 1 amide bonds. The summed E-state index contributed by atoms with van der Waals surface area (Å²) in [7, 11) is 0. The van der Waals surface area contributed by atoms with Crippen LogP contribution in [-0.4, -0.2) is 11.1 Å². The van der Waals surface area contributed by atoms with Gasteiger partial charge in [-0.25, -0.2) is 4.99 Å². The van der Waals surface area contributed by atoms with Gasteiger partial charge in [0.15, 0.2) is 5.17 Å². The van der Waals surface area contributed by atoms with E-state index >= 15 is 0 Å². The number of rotatable bonds is 3. The highest BCUT2D eigenvalue weighted by Gasteiger charge is 2.30. The van der Waals surface area contributed by atoms with Gasteiger partial charge in [0.2, 0.25) is 0 Å². The molecular formula is C21H11Cl2F3N2O2S. The third kappa shape index (κ3) is 4.98. The Morgan fingerprint density at radius 2 is 1.84 bits per heavy atom. The molecule has 31 heavy (non-hydrogen) atoms. The normalized spacial score (nSPS) is 16.9. The molecule has 1 aliphatic heterocycles. The molecule has 1 aromatic heterocycles. The highest BCUT2D eigenvalue weighted by atomic mass is 35.5. The van der Waals surface area contributed by atoms with E-state index in [9.17, 15) is 18.0 Å². The molecule has 2 heterocycles. The summed E-state index contributed by atoms with van der Waals surface area (Å²) in [6.45, 7) is 0. The number of nitrogens with one attached hydrogen (secondary N) is 1. The summed E-state index contributed by atoms with van der Waals surface area (Å²) < 4.78 is 44.3. The second kappa shape index (κ2) is 8.45. The molecule has 1 fully saturated rings. The van der Waals surface area contributed by atoms with Crippen LogP contribution in [0.3, 0.4) is 0 Å². The van der Waals surface area contributed by atoms with Crippen LogP contribution in [0.5, 0.6) is 0 Å². The molecule has 158 valence electrons. The summed E-state index contributed by atoms with van der Waals surface area (Å²) >= 11 is 12.9. The first-order valence-electron chi connectivity index (χ1n) is 8.71. The zero-order valence-electron chi connectivity index (χ0n) is 15.3. The first-order chi connectivity index (χ1) is 14.7. The molecule has 1 aliphatic rings. The number of carbonyl (C=O) groups excluding carboxylic acids is 1. The van der Waals surface area contributed by atoms with Crippen LogP contribution >= 0.6 is 35.0 Å². The van der Waals surface area contributed by atoms with Crippen molar-refractivity contribution < 1.29 is 22.4 Å². The summed E-state index contributed by atoms with van der Waals surface area (Å²) in [4.78, 5) is 16.6. The largest absolute Gasteiger partial charge is 0.457 e. The molecule has 0 atom stereocenters. The van der Waals surface area contributed by atoms with E-state index in [-0.39, 0.29) is 10.9 Å². The van der Waals surface area contributed by atoms with Crippen molar-refractivity contribution in [3.05, 3.63) is 80.9 Å². The minimum absolute atomic E-state index is 0.0822. The number of alkyl halides is 3. The van der Waals surface area contributed by atoms with Gasteiger partial charge in [-0.2, -0.15) is 13.2 Å². The number of furan rings is 1. The van der Waals surface area contributed by atoms with Gasteiger partial charge >= 0.3 is 6.18 Å². The highest BCUT2D eigenvalue weighted by Crippen LogP contribution is 2.34. The predicted molar refractivity (Wildman–Crippen MR) is 116 cm³/mol. The van der Waals surface area contributed by atoms with Crippen LogP contribution in [0.1, 0.15) is 11.3 Å². The molecule has 2 aromatic carbocycles. The second-order valence-corrected chi connectivity index (χ2v) is 8.21. The molecule has 4 nitrogen and oxygen atoms in total. The van der Waals surface area contributed by atoms with Crippen LogP contribution < -0.4 is 5.32 Å². The lowest BCUT2D eigenvalue weighted by Gasteiger charge is -2.06. The van der Waals surface area contributed by atoms with Gasteiger partial charge in [-0.1, -0.05) is 29.3 Å². The number of hydrogen-bond acceptors (Lipinski definition) is 4. The molecule has 3 aromatic rings. The Morgan fingerprint density at radius 3 is 2.58 bits per heavy atom. The van der Waals surface area contributed by atoms with Crippen molar-refractivity contribution in [3.63, 3.8) is 0 Å². The predicted octanol–water partition coefficient (Wildman–Crippen LogP) is 7.16. The van der Waals surface area contributed by atoms with Crippen LogP contribution in [-0.2, 0) is 11.0 Å². The number of halogens is 5. The Morgan fingerprint density at radius 1 is 1.03 bits per heavy atom. The molecule has 0 radical (unpaired) electrons. The molecule has 10 heteroatoms. The average molecular weight is 483 g/mol. The van der Waals surface area contributed by atoms with Crippen LogP contribution in [0.4, 0.5) is 18.9 Å².